The molecule has 1 aliphatic heterocycles. The first kappa shape index (κ1) is 14.6. The number of alkyl carbamates (subject to hydrolysis) is 1. The summed E-state index contributed by atoms with van der Waals surface area (Å²) in [5, 5.41) is 2.83. The van der Waals surface area contributed by atoms with Gasteiger partial charge in [0.1, 0.15) is 11.4 Å². The number of ether oxygens (including phenoxy) is 1. The van der Waals surface area contributed by atoms with Crippen molar-refractivity contribution in [2.75, 3.05) is 18.0 Å². The molecule has 1 aliphatic rings. The Morgan fingerprint density at radius 3 is 2.95 bits per heavy atom. The van der Waals surface area contributed by atoms with Crippen molar-refractivity contribution < 1.29 is 9.53 Å². The third-order valence-corrected chi connectivity index (χ3v) is 3.10. The van der Waals surface area contributed by atoms with E-state index in [0.717, 1.165) is 25.2 Å². The molecule has 0 aromatic carbocycles. The molecule has 0 bridgehead atoms. The average Bonchev–Trinajstić information content (AvgIpc) is 2.83. The lowest BCUT2D eigenvalue weighted by atomic mass is 10.2. The molecule has 1 N–H and O–H groups in total. The van der Waals surface area contributed by atoms with Crippen molar-refractivity contribution in [3.05, 3.63) is 18.6 Å². The van der Waals surface area contributed by atoms with Crippen molar-refractivity contribution in [2.45, 2.75) is 45.3 Å². The highest BCUT2D eigenvalue weighted by atomic mass is 16.6. The van der Waals surface area contributed by atoms with Crippen molar-refractivity contribution in [3.63, 3.8) is 0 Å². The van der Waals surface area contributed by atoms with E-state index in [2.05, 4.69) is 20.2 Å². The Labute approximate surface area is 119 Å². The Hall–Kier alpha value is -1.85. The summed E-state index contributed by atoms with van der Waals surface area (Å²) in [6, 6.07) is 0.249. The first-order valence-corrected chi connectivity index (χ1v) is 6.95. The van der Waals surface area contributed by atoms with Crippen LogP contribution in [-0.2, 0) is 4.74 Å². The average molecular weight is 278 g/mol. The van der Waals surface area contributed by atoms with Crippen LogP contribution < -0.4 is 10.2 Å². The lowest BCUT2D eigenvalue weighted by Gasteiger charge is -2.26. The lowest BCUT2D eigenvalue weighted by molar-refractivity contribution is 0.0525. The zero-order chi connectivity index (χ0) is 14.6. The molecule has 1 fully saturated rings. The lowest BCUT2D eigenvalue weighted by Crippen LogP contribution is -2.42. The number of amides is 1. The number of hydrogen-bond acceptors (Lipinski definition) is 5. The van der Waals surface area contributed by atoms with E-state index in [1.807, 2.05) is 20.8 Å². The molecule has 0 radical (unpaired) electrons. The van der Waals surface area contributed by atoms with Gasteiger partial charge < -0.3 is 15.0 Å². The molecular weight excluding hydrogens is 256 g/mol. The first-order valence-electron chi connectivity index (χ1n) is 6.95. The minimum atomic E-state index is -0.468. The largest absolute Gasteiger partial charge is 0.444 e. The van der Waals surface area contributed by atoms with Gasteiger partial charge in [-0.25, -0.2) is 9.78 Å². The van der Waals surface area contributed by atoms with Gasteiger partial charge in [-0.2, -0.15) is 0 Å². The topological polar surface area (TPSA) is 67.3 Å². The monoisotopic (exact) mass is 278 g/mol. The molecule has 0 spiro atoms. The molecule has 2 rings (SSSR count). The maximum absolute atomic E-state index is 11.7. The molecule has 0 unspecified atom stereocenters. The Morgan fingerprint density at radius 1 is 1.50 bits per heavy atom. The van der Waals surface area contributed by atoms with Gasteiger partial charge in [0.05, 0.1) is 6.20 Å². The zero-order valence-corrected chi connectivity index (χ0v) is 12.3. The number of hydrogen-bond donors (Lipinski definition) is 1. The second-order valence-corrected chi connectivity index (χ2v) is 5.94. The van der Waals surface area contributed by atoms with E-state index in [0.29, 0.717) is 6.54 Å². The third-order valence-electron chi connectivity index (χ3n) is 3.10. The fourth-order valence-electron chi connectivity index (χ4n) is 2.30. The van der Waals surface area contributed by atoms with E-state index in [1.54, 1.807) is 18.6 Å². The molecule has 2 heterocycles. The van der Waals surface area contributed by atoms with E-state index in [-0.39, 0.29) is 12.1 Å². The van der Waals surface area contributed by atoms with Crippen molar-refractivity contribution in [1.29, 1.82) is 0 Å². The number of rotatable bonds is 3. The second-order valence-electron chi connectivity index (χ2n) is 5.94. The van der Waals surface area contributed by atoms with Gasteiger partial charge >= 0.3 is 6.09 Å². The van der Waals surface area contributed by atoms with Crippen LogP contribution in [0, 0.1) is 0 Å². The molecule has 1 atom stereocenters. The van der Waals surface area contributed by atoms with Crippen LogP contribution in [0.2, 0.25) is 0 Å². The molecule has 6 heteroatoms. The van der Waals surface area contributed by atoms with Gasteiger partial charge in [-0.05, 0) is 33.6 Å². The number of nitrogens with zero attached hydrogens (tertiary/aromatic N) is 3. The Balaban J connectivity index is 1.88. The van der Waals surface area contributed by atoms with Gasteiger partial charge in [0.15, 0.2) is 0 Å². The van der Waals surface area contributed by atoms with Gasteiger partial charge in [0, 0.05) is 31.5 Å². The molecule has 0 saturated carbocycles. The van der Waals surface area contributed by atoms with Crippen molar-refractivity contribution in [3.8, 4) is 0 Å². The van der Waals surface area contributed by atoms with Crippen LogP contribution >= 0.6 is 0 Å². The van der Waals surface area contributed by atoms with Gasteiger partial charge in [0.2, 0.25) is 0 Å². The molecule has 110 valence electrons. The standard InChI is InChI=1S/C14H22N4O2/c1-14(2,3)20-13(19)17-9-11-5-4-8-18(11)12-10-15-6-7-16-12/h6-7,10-11H,4-5,8-9H2,1-3H3,(H,17,19)/t11-/m0/s1. The maximum Gasteiger partial charge on any atom is 0.407 e. The molecule has 1 aromatic rings. The van der Waals surface area contributed by atoms with E-state index < -0.39 is 5.60 Å². The van der Waals surface area contributed by atoms with Crippen LogP contribution in [0.1, 0.15) is 33.6 Å². The first-order chi connectivity index (χ1) is 9.46. The Morgan fingerprint density at radius 2 is 2.30 bits per heavy atom. The SMILES string of the molecule is CC(C)(C)OC(=O)NC[C@@H]1CCCN1c1cnccn1. The third kappa shape index (κ3) is 4.08. The van der Waals surface area contributed by atoms with Gasteiger partial charge in [0.25, 0.3) is 0 Å². The highest BCUT2D eigenvalue weighted by Crippen LogP contribution is 2.22. The molecule has 1 aromatic heterocycles. The summed E-state index contributed by atoms with van der Waals surface area (Å²) in [5.74, 6) is 0.862. The van der Waals surface area contributed by atoms with Crippen LogP contribution in [0.25, 0.3) is 0 Å². The Kier molecular flexibility index (Phi) is 4.42. The van der Waals surface area contributed by atoms with E-state index in [4.69, 9.17) is 4.74 Å². The van der Waals surface area contributed by atoms with Crippen LogP contribution in [0.3, 0.4) is 0 Å². The van der Waals surface area contributed by atoms with Gasteiger partial charge in [-0.1, -0.05) is 0 Å². The molecule has 20 heavy (non-hydrogen) atoms. The second kappa shape index (κ2) is 6.07. The summed E-state index contributed by atoms with van der Waals surface area (Å²) in [6.07, 6.45) is 6.86. The fourth-order valence-corrected chi connectivity index (χ4v) is 2.30. The Bertz CT molecular complexity index is 444. The van der Waals surface area contributed by atoms with Crippen molar-refractivity contribution in [1.82, 2.24) is 15.3 Å². The minimum Gasteiger partial charge on any atom is -0.444 e. The number of aromatic nitrogens is 2. The highest BCUT2D eigenvalue weighted by molar-refractivity contribution is 5.67. The smallest absolute Gasteiger partial charge is 0.407 e. The summed E-state index contributed by atoms with van der Waals surface area (Å²) in [5.41, 5.74) is -0.468. The number of nitrogens with one attached hydrogen (secondary N) is 1. The van der Waals surface area contributed by atoms with E-state index in [9.17, 15) is 4.79 Å². The van der Waals surface area contributed by atoms with Gasteiger partial charge in [-0.15, -0.1) is 0 Å². The van der Waals surface area contributed by atoms with Crippen LogP contribution in [0.5, 0.6) is 0 Å². The number of anilines is 1. The maximum atomic E-state index is 11.7. The predicted octanol–water partition coefficient (Wildman–Crippen LogP) is 1.97. The molecule has 1 saturated heterocycles. The molecular formula is C14H22N4O2. The normalized spacial score (nSPS) is 18.9. The predicted molar refractivity (Wildman–Crippen MR) is 76.6 cm³/mol. The summed E-state index contributed by atoms with van der Waals surface area (Å²) in [7, 11) is 0. The van der Waals surface area contributed by atoms with Crippen molar-refractivity contribution >= 4 is 11.9 Å². The quantitative estimate of drug-likeness (QED) is 0.915. The van der Waals surface area contributed by atoms with Gasteiger partial charge in [-0.3, -0.25) is 4.98 Å². The van der Waals surface area contributed by atoms with E-state index >= 15 is 0 Å². The fraction of sp³-hybridized carbons (Fsp3) is 0.643. The number of carbonyl (C=O) groups excluding carboxylic acids is 1. The molecule has 1 amide bonds. The van der Waals surface area contributed by atoms with Crippen LogP contribution in [0.15, 0.2) is 18.6 Å². The summed E-state index contributed by atoms with van der Waals surface area (Å²) >= 11 is 0. The highest BCUT2D eigenvalue weighted by Gasteiger charge is 2.26. The zero-order valence-electron chi connectivity index (χ0n) is 12.3. The minimum absolute atomic E-state index is 0.249. The van der Waals surface area contributed by atoms with Crippen LogP contribution in [0.4, 0.5) is 10.6 Å². The summed E-state index contributed by atoms with van der Waals surface area (Å²) in [4.78, 5) is 22.3. The van der Waals surface area contributed by atoms with Crippen LogP contribution in [-0.4, -0.2) is 40.8 Å². The summed E-state index contributed by atoms with van der Waals surface area (Å²) in [6.45, 7) is 7.07. The molecule has 6 nitrogen and oxygen atoms in total. The molecule has 0 aliphatic carbocycles. The summed E-state index contributed by atoms with van der Waals surface area (Å²) < 4.78 is 5.24. The van der Waals surface area contributed by atoms with E-state index in [1.165, 1.54) is 0 Å². The number of carbonyl (C=O) groups is 1. The van der Waals surface area contributed by atoms with Crippen molar-refractivity contribution in [2.24, 2.45) is 0 Å².